The zero-order valence-electron chi connectivity index (χ0n) is 9.36. The lowest BCUT2D eigenvalue weighted by Crippen LogP contribution is -2.40. The van der Waals surface area contributed by atoms with Crippen molar-refractivity contribution in [2.24, 2.45) is 0 Å². The molecule has 0 unspecified atom stereocenters. The molecule has 2 atom stereocenters. The molecule has 1 aromatic rings. The summed E-state index contributed by atoms with van der Waals surface area (Å²) in [6, 6.07) is 6.68. The van der Waals surface area contributed by atoms with E-state index in [0.717, 1.165) is 4.31 Å². The molecular formula is C11H12ClNO4S. The third-order valence-electron chi connectivity index (χ3n) is 2.84. The van der Waals surface area contributed by atoms with E-state index in [1.54, 1.807) is 18.2 Å². The molecule has 0 saturated carbocycles. The van der Waals surface area contributed by atoms with Crippen LogP contribution in [0.2, 0.25) is 0 Å². The number of sulfonamides is 1. The van der Waals surface area contributed by atoms with Crippen molar-refractivity contribution in [2.75, 3.05) is 6.54 Å². The quantitative estimate of drug-likeness (QED) is 0.847. The zero-order valence-corrected chi connectivity index (χ0v) is 10.9. The first-order valence-corrected chi connectivity index (χ1v) is 7.24. The third kappa shape index (κ3) is 2.36. The molecule has 0 radical (unpaired) electrons. The first-order chi connectivity index (χ1) is 8.43. The SMILES string of the molecule is O=C(O)[C@H]1C[C@H](Cl)CN1S(=O)(=O)c1ccccc1. The molecule has 18 heavy (non-hydrogen) atoms. The van der Waals surface area contributed by atoms with Gasteiger partial charge in [-0.3, -0.25) is 4.79 Å². The van der Waals surface area contributed by atoms with Crippen LogP contribution in [0.3, 0.4) is 0 Å². The van der Waals surface area contributed by atoms with Crippen molar-refractivity contribution < 1.29 is 18.3 Å². The van der Waals surface area contributed by atoms with Gasteiger partial charge in [0.05, 0.1) is 4.90 Å². The molecule has 0 bridgehead atoms. The van der Waals surface area contributed by atoms with Crippen LogP contribution in [0.25, 0.3) is 0 Å². The van der Waals surface area contributed by atoms with Gasteiger partial charge in [0.1, 0.15) is 6.04 Å². The maximum Gasteiger partial charge on any atom is 0.322 e. The minimum absolute atomic E-state index is 0.0236. The molecule has 0 amide bonds. The lowest BCUT2D eigenvalue weighted by atomic mass is 10.2. The molecule has 1 N–H and O–H groups in total. The Kier molecular flexibility index (Phi) is 3.61. The van der Waals surface area contributed by atoms with Crippen LogP contribution in [0.5, 0.6) is 0 Å². The number of rotatable bonds is 3. The molecule has 7 heteroatoms. The maximum absolute atomic E-state index is 12.3. The Hall–Kier alpha value is -1.11. The summed E-state index contributed by atoms with van der Waals surface area (Å²) in [5.41, 5.74) is 0. The highest BCUT2D eigenvalue weighted by molar-refractivity contribution is 7.89. The normalized spacial score (nSPS) is 25.2. The van der Waals surface area contributed by atoms with Gasteiger partial charge in [-0.2, -0.15) is 4.31 Å². The van der Waals surface area contributed by atoms with Crippen LogP contribution >= 0.6 is 11.6 Å². The topological polar surface area (TPSA) is 74.7 Å². The van der Waals surface area contributed by atoms with E-state index in [1.807, 2.05) is 0 Å². The Labute approximate surface area is 110 Å². The van der Waals surface area contributed by atoms with E-state index < -0.39 is 27.4 Å². The summed E-state index contributed by atoms with van der Waals surface area (Å²) in [4.78, 5) is 11.2. The smallest absolute Gasteiger partial charge is 0.322 e. The van der Waals surface area contributed by atoms with Crippen molar-refractivity contribution in [1.29, 1.82) is 0 Å². The van der Waals surface area contributed by atoms with Crippen LogP contribution in [-0.4, -0.2) is 41.8 Å². The maximum atomic E-state index is 12.3. The average Bonchev–Trinajstić information content (AvgIpc) is 2.73. The predicted molar refractivity (Wildman–Crippen MR) is 66.0 cm³/mol. The van der Waals surface area contributed by atoms with Crippen molar-refractivity contribution in [2.45, 2.75) is 22.7 Å². The monoisotopic (exact) mass is 289 g/mol. The number of hydrogen-bond donors (Lipinski definition) is 1. The third-order valence-corrected chi connectivity index (χ3v) is 5.04. The molecule has 0 aromatic heterocycles. The standard InChI is InChI=1S/C11H12ClNO4S/c12-8-6-10(11(14)15)13(7-8)18(16,17)9-4-2-1-3-5-9/h1-5,8,10H,6-7H2,(H,14,15)/t8-,10+/m0/s1. The van der Waals surface area contributed by atoms with Gasteiger partial charge < -0.3 is 5.11 Å². The zero-order chi connectivity index (χ0) is 13.3. The van der Waals surface area contributed by atoms with E-state index in [9.17, 15) is 13.2 Å². The molecule has 98 valence electrons. The number of nitrogens with zero attached hydrogens (tertiary/aromatic N) is 1. The number of alkyl halides is 1. The fourth-order valence-electron chi connectivity index (χ4n) is 1.97. The number of aliphatic carboxylic acids is 1. The van der Waals surface area contributed by atoms with Gasteiger partial charge in [0.2, 0.25) is 10.0 Å². The second-order valence-electron chi connectivity index (χ2n) is 4.07. The summed E-state index contributed by atoms with van der Waals surface area (Å²) in [7, 11) is -3.80. The van der Waals surface area contributed by atoms with Crippen molar-refractivity contribution in [3.8, 4) is 0 Å². The molecule has 1 saturated heterocycles. The van der Waals surface area contributed by atoms with Crippen molar-refractivity contribution in [1.82, 2.24) is 4.31 Å². The highest BCUT2D eigenvalue weighted by Gasteiger charge is 2.43. The lowest BCUT2D eigenvalue weighted by Gasteiger charge is -2.20. The van der Waals surface area contributed by atoms with Gasteiger partial charge in [0.15, 0.2) is 0 Å². The van der Waals surface area contributed by atoms with Crippen LogP contribution in [0.1, 0.15) is 6.42 Å². The van der Waals surface area contributed by atoms with E-state index >= 15 is 0 Å². The molecule has 0 aliphatic carbocycles. The highest BCUT2D eigenvalue weighted by atomic mass is 35.5. The summed E-state index contributed by atoms with van der Waals surface area (Å²) in [6.07, 6.45) is 0.128. The molecule has 1 aliphatic heterocycles. The van der Waals surface area contributed by atoms with Crippen molar-refractivity contribution >= 4 is 27.6 Å². The largest absolute Gasteiger partial charge is 0.480 e. The van der Waals surface area contributed by atoms with Gasteiger partial charge in [-0.15, -0.1) is 11.6 Å². The number of carbonyl (C=O) groups is 1. The number of carboxylic acid groups (broad SMARTS) is 1. The van der Waals surface area contributed by atoms with Gasteiger partial charge >= 0.3 is 5.97 Å². The summed E-state index contributed by atoms with van der Waals surface area (Å²) >= 11 is 5.87. The molecule has 1 aliphatic rings. The highest BCUT2D eigenvalue weighted by Crippen LogP contribution is 2.28. The van der Waals surface area contributed by atoms with Gasteiger partial charge in [-0.05, 0) is 18.6 Å². The molecule has 5 nitrogen and oxygen atoms in total. The lowest BCUT2D eigenvalue weighted by molar-refractivity contribution is -0.140. The predicted octanol–water partition coefficient (Wildman–Crippen LogP) is 1.14. The number of hydrogen-bond acceptors (Lipinski definition) is 3. The fourth-order valence-corrected chi connectivity index (χ4v) is 4.03. The first kappa shape index (κ1) is 13.3. The molecule has 2 rings (SSSR count). The van der Waals surface area contributed by atoms with Crippen LogP contribution in [0.4, 0.5) is 0 Å². The fraction of sp³-hybridized carbons (Fsp3) is 0.364. The molecular weight excluding hydrogens is 278 g/mol. The molecule has 1 heterocycles. The van der Waals surface area contributed by atoms with Gasteiger partial charge in [0, 0.05) is 11.9 Å². The van der Waals surface area contributed by atoms with Crippen LogP contribution in [0.15, 0.2) is 35.2 Å². The summed E-state index contributed by atoms with van der Waals surface area (Å²) < 4.78 is 25.6. The van der Waals surface area contributed by atoms with Crippen molar-refractivity contribution in [3.63, 3.8) is 0 Å². The Bertz CT molecular complexity index is 545. The number of benzene rings is 1. The summed E-state index contributed by atoms with van der Waals surface area (Å²) in [5.74, 6) is -1.17. The second-order valence-corrected chi connectivity index (χ2v) is 6.58. The van der Waals surface area contributed by atoms with Crippen LogP contribution in [0, 0.1) is 0 Å². The van der Waals surface area contributed by atoms with Gasteiger partial charge in [0.25, 0.3) is 0 Å². The van der Waals surface area contributed by atoms with E-state index in [4.69, 9.17) is 16.7 Å². The van der Waals surface area contributed by atoms with E-state index in [-0.39, 0.29) is 17.9 Å². The summed E-state index contributed by atoms with van der Waals surface area (Å²) in [6.45, 7) is 0.0236. The Morgan fingerprint density at radius 2 is 1.94 bits per heavy atom. The molecule has 1 aromatic carbocycles. The van der Waals surface area contributed by atoms with Gasteiger partial charge in [-0.1, -0.05) is 18.2 Å². The van der Waals surface area contributed by atoms with Crippen LogP contribution < -0.4 is 0 Å². The minimum atomic E-state index is -3.80. The minimum Gasteiger partial charge on any atom is -0.480 e. The molecule has 0 spiro atoms. The first-order valence-electron chi connectivity index (χ1n) is 5.36. The second kappa shape index (κ2) is 4.87. The van der Waals surface area contributed by atoms with Crippen molar-refractivity contribution in [3.05, 3.63) is 30.3 Å². The van der Waals surface area contributed by atoms with E-state index in [0.29, 0.717) is 0 Å². The summed E-state index contributed by atoms with van der Waals surface area (Å²) in [5, 5.41) is 8.58. The Morgan fingerprint density at radius 3 is 2.50 bits per heavy atom. The van der Waals surface area contributed by atoms with E-state index in [2.05, 4.69) is 0 Å². The number of halogens is 1. The van der Waals surface area contributed by atoms with Gasteiger partial charge in [-0.25, -0.2) is 8.42 Å². The van der Waals surface area contributed by atoms with Crippen LogP contribution in [-0.2, 0) is 14.8 Å². The Morgan fingerprint density at radius 1 is 1.33 bits per heavy atom. The Balaban J connectivity index is 2.38. The molecule has 1 fully saturated rings. The average molecular weight is 290 g/mol. The van der Waals surface area contributed by atoms with E-state index in [1.165, 1.54) is 12.1 Å². The number of carboxylic acids is 1.